The Kier molecular flexibility index (Phi) is 3.82. The van der Waals surface area contributed by atoms with Gasteiger partial charge in [-0.3, -0.25) is 4.79 Å². The first-order valence-electron chi connectivity index (χ1n) is 7.33. The van der Waals surface area contributed by atoms with E-state index in [0.717, 1.165) is 6.42 Å². The van der Waals surface area contributed by atoms with Gasteiger partial charge in [-0.05, 0) is 40.0 Å². The first kappa shape index (κ1) is 15.5. The van der Waals surface area contributed by atoms with Gasteiger partial charge in [-0.15, -0.1) is 0 Å². The minimum Gasteiger partial charge on any atom is -0.479 e. The monoisotopic (exact) mass is 293 g/mol. The summed E-state index contributed by atoms with van der Waals surface area (Å²) in [5.74, 6) is -0.635. The predicted molar refractivity (Wildman–Crippen MR) is 80.7 cm³/mol. The summed E-state index contributed by atoms with van der Waals surface area (Å²) in [7, 11) is 0. The van der Waals surface area contributed by atoms with Crippen molar-refractivity contribution in [1.82, 2.24) is 9.55 Å². The highest BCUT2D eigenvalue weighted by Gasteiger charge is 2.47. The van der Waals surface area contributed by atoms with E-state index in [1.54, 1.807) is 21.9 Å². The van der Waals surface area contributed by atoms with E-state index < -0.39 is 11.5 Å². The lowest BCUT2D eigenvalue weighted by atomic mass is 9.93. The van der Waals surface area contributed by atoms with Crippen LogP contribution < -0.4 is 10.5 Å². The second-order valence-corrected chi connectivity index (χ2v) is 6.54. The zero-order chi connectivity index (χ0) is 15.8. The Hall–Kier alpha value is -1.85. The number of aromatic nitrogens is 2. The summed E-state index contributed by atoms with van der Waals surface area (Å²) in [6, 6.07) is 0. The number of rotatable bonds is 3. The summed E-state index contributed by atoms with van der Waals surface area (Å²) < 4.78 is 1.61. The molecule has 21 heavy (non-hydrogen) atoms. The molecule has 1 atom stereocenters. The zero-order valence-corrected chi connectivity index (χ0v) is 13.1. The van der Waals surface area contributed by atoms with Crippen molar-refractivity contribution in [2.24, 2.45) is 0 Å². The molecule has 1 aromatic rings. The maximum Gasteiger partial charge on any atom is 0.329 e. The molecule has 1 N–H and O–H groups in total. The number of nitrogens with zero attached hydrogens (tertiary/aromatic N) is 3. The second-order valence-electron chi connectivity index (χ2n) is 6.54. The van der Waals surface area contributed by atoms with Crippen LogP contribution in [0.25, 0.3) is 0 Å². The van der Waals surface area contributed by atoms with Gasteiger partial charge in [0.2, 0.25) is 0 Å². The fraction of sp³-hybridized carbons (Fsp3) is 0.667. The SMILES string of the molecule is CCC1(C(=O)O)CCCN1c1nccn(C(C)(C)C)c1=O. The molecule has 0 aliphatic carbocycles. The average Bonchev–Trinajstić information content (AvgIpc) is 2.82. The lowest BCUT2D eigenvalue weighted by Crippen LogP contribution is -2.53. The van der Waals surface area contributed by atoms with E-state index in [-0.39, 0.29) is 16.9 Å². The molecule has 1 aliphatic rings. The van der Waals surface area contributed by atoms with Crippen LogP contribution in [0.2, 0.25) is 0 Å². The van der Waals surface area contributed by atoms with E-state index in [1.807, 2.05) is 27.7 Å². The Morgan fingerprint density at radius 1 is 1.48 bits per heavy atom. The van der Waals surface area contributed by atoms with Crippen molar-refractivity contribution >= 4 is 11.8 Å². The van der Waals surface area contributed by atoms with Gasteiger partial charge in [0.25, 0.3) is 5.56 Å². The van der Waals surface area contributed by atoms with Crippen LogP contribution in [0.3, 0.4) is 0 Å². The Labute approximate surface area is 124 Å². The van der Waals surface area contributed by atoms with Crippen molar-refractivity contribution in [1.29, 1.82) is 0 Å². The normalized spacial score (nSPS) is 22.6. The highest BCUT2D eigenvalue weighted by Crippen LogP contribution is 2.34. The molecule has 1 aliphatic heterocycles. The van der Waals surface area contributed by atoms with E-state index in [4.69, 9.17) is 0 Å². The number of aliphatic carboxylic acids is 1. The summed E-state index contributed by atoms with van der Waals surface area (Å²) in [4.78, 5) is 30.3. The van der Waals surface area contributed by atoms with Crippen molar-refractivity contribution in [2.45, 2.75) is 58.0 Å². The van der Waals surface area contributed by atoms with Crippen molar-refractivity contribution in [3.8, 4) is 0 Å². The van der Waals surface area contributed by atoms with E-state index >= 15 is 0 Å². The number of anilines is 1. The van der Waals surface area contributed by atoms with Gasteiger partial charge in [-0.1, -0.05) is 6.92 Å². The molecular formula is C15H23N3O3. The molecule has 2 heterocycles. The molecule has 0 saturated carbocycles. The third kappa shape index (κ3) is 2.43. The molecule has 0 radical (unpaired) electrons. The van der Waals surface area contributed by atoms with Crippen molar-refractivity contribution in [2.75, 3.05) is 11.4 Å². The Morgan fingerprint density at radius 2 is 2.14 bits per heavy atom. The van der Waals surface area contributed by atoms with Crippen molar-refractivity contribution in [3.63, 3.8) is 0 Å². The molecule has 1 fully saturated rings. The van der Waals surface area contributed by atoms with Crippen LogP contribution in [0.4, 0.5) is 5.82 Å². The van der Waals surface area contributed by atoms with Crippen LogP contribution in [-0.4, -0.2) is 32.7 Å². The van der Waals surface area contributed by atoms with E-state index in [0.29, 0.717) is 19.4 Å². The maximum absolute atomic E-state index is 12.7. The summed E-state index contributed by atoms with van der Waals surface area (Å²) >= 11 is 0. The van der Waals surface area contributed by atoms with Crippen molar-refractivity contribution in [3.05, 3.63) is 22.7 Å². The fourth-order valence-corrected chi connectivity index (χ4v) is 3.04. The second kappa shape index (κ2) is 5.16. The molecule has 116 valence electrons. The Morgan fingerprint density at radius 3 is 2.67 bits per heavy atom. The molecule has 1 aromatic heterocycles. The van der Waals surface area contributed by atoms with E-state index in [2.05, 4.69) is 4.98 Å². The van der Waals surface area contributed by atoms with Gasteiger partial charge in [0.15, 0.2) is 5.82 Å². The average molecular weight is 293 g/mol. The first-order valence-corrected chi connectivity index (χ1v) is 7.33. The standard InChI is InChI=1S/C15H23N3O3/c1-5-15(13(20)21)7-6-9-17(15)11-12(19)18(10-8-16-11)14(2,3)4/h8,10H,5-7,9H2,1-4H3,(H,20,21). The van der Waals surface area contributed by atoms with Crippen LogP contribution in [0.15, 0.2) is 17.2 Å². The smallest absolute Gasteiger partial charge is 0.329 e. The largest absolute Gasteiger partial charge is 0.479 e. The van der Waals surface area contributed by atoms with Gasteiger partial charge in [0.1, 0.15) is 5.54 Å². The summed E-state index contributed by atoms with van der Waals surface area (Å²) in [6.45, 7) is 8.21. The lowest BCUT2D eigenvalue weighted by molar-refractivity contribution is -0.143. The summed E-state index contributed by atoms with van der Waals surface area (Å²) in [5, 5.41) is 9.64. The molecule has 2 rings (SSSR count). The van der Waals surface area contributed by atoms with Gasteiger partial charge in [-0.2, -0.15) is 0 Å². The number of carbonyl (C=O) groups is 1. The number of hydrogen-bond donors (Lipinski definition) is 1. The van der Waals surface area contributed by atoms with Gasteiger partial charge in [0, 0.05) is 24.5 Å². The van der Waals surface area contributed by atoms with Crippen LogP contribution in [0, 0.1) is 0 Å². The fourth-order valence-electron chi connectivity index (χ4n) is 3.04. The molecule has 1 unspecified atom stereocenters. The molecule has 0 aromatic carbocycles. The van der Waals surface area contributed by atoms with E-state index in [1.165, 1.54) is 0 Å². The highest BCUT2D eigenvalue weighted by atomic mass is 16.4. The van der Waals surface area contributed by atoms with Gasteiger partial charge >= 0.3 is 5.97 Å². The zero-order valence-electron chi connectivity index (χ0n) is 13.1. The molecule has 6 heteroatoms. The number of carboxylic acid groups (broad SMARTS) is 1. The first-order chi connectivity index (χ1) is 9.74. The van der Waals surface area contributed by atoms with Crippen LogP contribution in [0.1, 0.15) is 47.0 Å². The lowest BCUT2D eigenvalue weighted by Gasteiger charge is -2.35. The topological polar surface area (TPSA) is 75.4 Å². The van der Waals surface area contributed by atoms with Gasteiger partial charge in [-0.25, -0.2) is 9.78 Å². The molecule has 0 spiro atoms. The van der Waals surface area contributed by atoms with Gasteiger partial charge < -0.3 is 14.6 Å². The van der Waals surface area contributed by atoms with E-state index in [9.17, 15) is 14.7 Å². The molecule has 1 saturated heterocycles. The highest BCUT2D eigenvalue weighted by molar-refractivity contribution is 5.83. The van der Waals surface area contributed by atoms with Crippen LogP contribution in [-0.2, 0) is 10.3 Å². The third-order valence-electron chi connectivity index (χ3n) is 4.27. The molecule has 0 bridgehead atoms. The third-order valence-corrected chi connectivity index (χ3v) is 4.27. The quantitative estimate of drug-likeness (QED) is 0.920. The van der Waals surface area contributed by atoms with Crippen LogP contribution in [0.5, 0.6) is 0 Å². The number of hydrogen-bond acceptors (Lipinski definition) is 4. The minimum atomic E-state index is -1.01. The van der Waals surface area contributed by atoms with Crippen molar-refractivity contribution < 1.29 is 9.90 Å². The number of carboxylic acids is 1. The molecular weight excluding hydrogens is 270 g/mol. The Balaban J connectivity index is 2.57. The Bertz CT molecular complexity index is 603. The van der Waals surface area contributed by atoms with Crippen LogP contribution >= 0.6 is 0 Å². The minimum absolute atomic E-state index is 0.231. The molecule has 6 nitrogen and oxygen atoms in total. The summed E-state index contributed by atoms with van der Waals surface area (Å²) in [5.41, 5.74) is -1.61. The molecule has 0 amide bonds. The maximum atomic E-state index is 12.7. The van der Waals surface area contributed by atoms with Gasteiger partial charge in [0.05, 0.1) is 0 Å². The summed E-state index contributed by atoms with van der Waals surface area (Å²) in [6.07, 6.45) is 4.97. The predicted octanol–water partition coefficient (Wildman–Crippen LogP) is 1.83.